The number of rotatable bonds is 8. The van der Waals surface area contributed by atoms with Crippen molar-refractivity contribution in [2.24, 2.45) is 0 Å². The molecule has 0 aliphatic rings. The summed E-state index contributed by atoms with van der Waals surface area (Å²) in [6.45, 7) is 1.18. The van der Waals surface area contributed by atoms with E-state index in [4.69, 9.17) is 33.0 Å². The van der Waals surface area contributed by atoms with Gasteiger partial charge in [-0.1, -0.05) is 35.3 Å². The minimum atomic E-state index is -3.63. The largest absolute Gasteiger partial charge is 0.486 e. The van der Waals surface area contributed by atoms with Crippen LogP contribution in [0.5, 0.6) is 5.75 Å². The maximum Gasteiger partial charge on any atom is 0.307 e. The first-order valence-corrected chi connectivity index (χ1v) is 10.1. The SMILES string of the molecule is CCS(=O)(=O)Nc1cccc(COc2c(Cl)cc(CC(=O)O)cc2Cl)c1F. The van der Waals surface area contributed by atoms with Crippen molar-refractivity contribution in [2.45, 2.75) is 20.0 Å². The first-order valence-electron chi connectivity index (χ1n) is 7.73. The Morgan fingerprint density at radius 3 is 2.44 bits per heavy atom. The number of carboxylic acids is 1. The number of nitrogens with one attached hydrogen (secondary N) is 1. The highest BCUT2D eigenvalue weighted by atomic mass is 35.5. The Bertz CT molecular complexity index is 943. The molecule has 0 atom stereocenters. The quantitative estimate of drug-likeness (QED) is 0.650. The van der Waals surface area contributed by atoms with Gasteiger partial charge in [0.2, 0.25) is 10.0 Å². The van der Waals surface area contributed by atoms with E-state index in [-0.39, 0.29) is 45.8 Å². The van der Waals surface area contributed by atoms with E-state index >= 15 is 0 Å². The zero-order valence-electron chi connectivity index (χ0n) is 14.1. The predicted molar refractivity (Wildman–Crippen MR) is 102 cm³/mol. The first-order chi connectivity index (χ1) is 12.6. The minimum absolute atomic E-state index is 0.0754. The van der Waals surface area contributed by atoms with Crippen molar-refractivity contribution >= 4 is 44.9 Å². The highest BCUT2D eigenvalue weighted by Crippen LogP contribution is 2.35. The van der Waals surface area contributed by atoms with Gasteiger partial charge >= 0.3 is 5.97 Å². The summed E-state index contributed by atoms with van der Waals surface area (Å²) in [6.07, 6.45) is -0.256. The molecule has 2 aromatic carbocycles. The molecule has 2 aromatic rings. The molecule has 0 fully saturated rings. The zero-order chi connectivity index (χ0) is 20.2. The van der Waals surface area contributed by atoms with Crippen LogP contribution < -0.4 is 9.46 Å². The molecule has 6 nitrogen and oxygen atoms in total. The van der Waals surface area contributed by atoms with E-state index in [2.05, 4.69) is 4.72 Å². The smallest absolute Gasteiger partial charge is 0.307 e. The van der Waals surface area contributed by atoms with Crippen molar-refractivity contribution in [2.75, 3.05) is 10.5 Å². The van der Waals surface area contributed by atoms with Crippen LogP contribution in [0.25, 0.3) is 0 Å². The number of carbonyl (C=O) groups is 1. The van der Waals surface area contributed by atoms with Gasteiger partial charge in [-0.05, 0) is 30.7 Å². The lowest BCUT2D eigenvalue weighted by atomic mass is 10.1. The van der Waals surface area contributed by atoms with E-state index in [0.717, 1.165) is 0 Å². The van der Waals surface area contributed by atoms with Gasteiger partial charge in [-0.15, -0.1) is 0 Å². The van der Waals surface area contributed by atoms with E-state index in [1.165, 1.54) is 37.3 Å². The Morgan fingerprint density at radius 1 is 1.26 bits per heavy atom. The number of aliphatic carboxylic acids is 1. The second kappa shape index (κ2) is 8.77. The summed E-state index contributed by atoms with van der Waals surface area (Å²) >= 11 is 12.1. The van der Waals surface area contributed by atoms with Gasteiger partial charge < -0.3 is 9.84 Å². The van der Waals surface area contributed by atoms with Crippen molar-refractivity contribution in [3.05, 3.63) is 57.3 Å². The molecule has 10 heteroatoms. The van der Waals surface area contributed by atoms with Crippen molar-refractivity contribution in [3.8, 4) is 5.75 Å². The Kier molecular flexibility index (Phi) is 6.91. The van der Waals surface area contributed by atoms with Gasteiger partial charge in [-0.25, -0.2) is 12.8 Å². The number of hydrogen-bond donors (Lipinski definition) is 2. The van der Waals surface area contributed by atoms with E-state index in [1.807, 2.05) is 0 Å². The van der Waals surface area contributed by atoms with Crippen molar-refractivity contribution in [1.29, 1.82) is 0 Å². The van der Waals surface area contributed by atoms with E-state index in [1.54, 1.807) is 0 Å². The maximum atomic E-state index is 14.5. The molecule has 2 N–H and O–H groups in total. The Morgan fingerprint density at radius 2 is 1.89 bits per heavy atom. The molecule has 27 heavy (non-hydrogen) atoms. The fraction of sp³-hybridized carbons (Fsp3) is 0.235. The van der Waals surface area contributed by atoms with E-state index < -0.39 is 21.8 Å². The number of hydrogen-bond acceptors (Lipinski definition) is 4. The van der Waals surface area contributed by atoms with Crippen LogP contribution in [0.4, 0.5) is 10.1 Å². The van der Waals surface area contributed by atoms with Gasteiger partial charge in [-0.3, -0.25) is 9.52 Å². The molecular weight excluding hydrogens is 420 g/mol. The van der Waals surface area contributed by atoms with Gasteiger partial charge in [0.15, 0.2) is 11.6 Å². The summed E-state index contributed by atoms with van der Waals surface area (Å²) in [5, 5.41) is 8.99. The van der Waals surface area contributed by atoms with Gasteiger partial charge in [0, 0.05) is 5.56 Å². The highest BCUT2D eigenvalue weighted by Gasteiger charge is 2.16. The Balaban J connectivity index is 2.21. The van der Waals surface area contributed by atoms with Crippen LogP contribution >= 0.6 is 23.2 Å². The van der Waals surface area contributed by atoms with Crippen molar-refractivity contribution in [3.63, 3.8) is 0 Å². The molecule has 0 unspecified atom stereocenters. The fourth-order valence-corrected chi connectivity index (χ4v) is 3.47. The average molecular weight is 436 g/mol. The predicted octanol–water partition coefficient (Wildman–Crippen LogP) is 4.10. The molecule has 0 radical (unpaired) electrons. The highest BCUT2D eigenvalue weighted by molar-refractivity contribution is 7.92. The van der Waals surface area contributed by atoms with Gasteiger partial charge in [0.1, 0.15) is 6.61 Å². The van der Waals surface area contributed by atoms with E-state index in [0.29, 0.717) is 5.56 Å². The summed E-state index contributed by atoms with van der Waals surface area (Å²) in [7, 11) is -3.63. The molecule has 0 bridgehead atoms. The minimum Gasteiger partial charge on any atom is -0.486 e. The third-order valence-electron chi connectivity index (χ3n) is 3.51. The average Bonchev–Trinajstić information content (AvgIpc) is 2.56. The Hall–Kier alpha value is -2.03. The normalized spacial score (nSPS) is 11.3. The standard InChI is InChI=1S/C17H16Cl2FNO5S/c1-2-27(24,25)21-14-5-3-4-11(16(14)20)9-26-17-12(18)6-10(7-13(17)19)8-15(22)23/h3-7,21H,2,8-9H2,1H3,(H,22,23). The second-order valence-electron chi connectivity index (χ2n) is 5.53. The van der Waals surface area contributed by atoms with Crippen LogP contribution in [0.15, 0.2) is 30.3 Å². The van der Waals surface area contributed by atoms with Crippen LogP contribution in [0.2, 0.25) is 10.0 Å². The number of sulfonamides is 1. The third-order valence-corrected chi connectivity index (χ3v) is 5.36. The van der Waals surface area contributed by atoms with Crippen molar-refractivity contribution < 1.29 is 27.4 Å². The molecule has 0 aliphatic carbocycles. The summed E-state index contributed by atoms with van der Waals surface area (Å²) < 4.78 is 45.4. The van der Waals surface area contributed by atoms with Gasteiger partial charge in [-0.2, -0.15) is 0 Å². The molecule has 2 rings (SSSR count). The lowest BCUT2D eigenvalue weighted by Crippen LogP contribution is -2.16. The lowest BCUT2D eigenvalue weighted by Gasteiger charge is -2.14. The molecule has 0 saturated heterocycles. The van der Waals surface area contributed by atoms with Crippen LogP contribution in [0.1, 0.15) is 18.1 Å². The summed E-state index contributed by atoms with van der Waals surface area (Å²) in [6, 6.07) is 7.01. The molecule has 0 aliphatic heterocycles. The van der Waals surface area contributed by atoms with Crippen LogP contribution in [0.3, 0.4) is 0 Å². The number of ether oxygens (including phenoxy) is 1. The molecule has 146 valence electrons. The number of halogens is 3. The zero-order valence-corrected chi connectivity index (χ0v) is 16.5. The van der Waals surface area contributed by atoms with Crippen LogP contribution in [0, 0.1) is 5.82 Å². The lowest BCUT2D eigenvalue weighted by molar-refractivity contribution is -0.136. The third kappa shape index (κ3) is 5.72. The molecule has 0 aromatic heterocycles. The topological polar surface area (TPSA) is 92.7 Å². The number of anilines is 1. The fourth-order valence-electron chi connectivity index (χ4n) is 2.19. The molecule has 0 spiro atoms. The van der Waals surface area contributed by atoms with Gasteiger partial charge in [0.05, 0.1) is 27.9 Å². The Labute approximate surface area is 165 Å². The molecule has 0 amide bonds. The van der Waals surface area contributed by atoms with Crippen molar-refractivity contribution in [1.82, 2.24) is 0 Å². The second-order valence-corrected chi connectivity index (χ2v) is 8.36. The molecule has 0 heterocycles. The summed E-state index contributed by atoms with van der Waals surface area (Å²) in [4.78, 5) is 10.8. The van der Waals surface area contributed by atoms with Gasteiger partial charge in [0.25, 0.3) is 0 Å². The number of carboxylic acid groups (broad SMARTS) is 1. The monoisotopic (exact) mass is 435 g/mol. The molecule has 0 saturated carbocycles. The number of benzene rings is 2. The molecular formula is C17H16Cl2FNO5S. The van der Waals surface area contributed by atoms with Crippen LogP contribution in [-0.4, -0.2) is 25.2 Å². The summed E-state index contributed by atoms with van der Waals surface area (Å²) in [5.41, 5.74) is 0.298. The first kappa shape index (κ1) is 21.3. The maximum absolute atomic E-state index is 14.5. The van der Waals surface area contributed by atoms with Crippen LogP contribution in [-0.2, 0) is 27.8 Å². The van der Waals surface area contributed by atoms with E-state index in [9.17, 15) is 17.6 Å². The summed E-state index contributed by atoms with van der Waals surface area (Å²) in [5.74, 6) is -1.93.